The Labute approximate surface area is 106 Å². The third kappa shape index (κ3) is 4.16. The molecular formula is C11H12N2O4S. The fourth-order valence-corrected chi connectivity index (χ4v) is 1.61. The number of hydrogen-bond acceptors (Lipinski definition) is 6. The van der Waals surface area contributed by atoms with Crippen LogP contribution in [0, 0.1) is 11.3 Å². The van der Waals surface area contributed by atoms with Gasteiger partial charge in [0.15, 0.2) is 0 Å². The van der Waals surface area contributed by atoms with E-state index in [1.54, 1.807) is 19.2 Å². The minimum Gasteiger partial charge on any atom is -0.492 e. The van der Waals surface area contributed by atoms with Crippen molar-refractivity contribution in [3.05, 3.63) is 23.8 Å². The van der Waals surface area contributed by atoms with E-state index in [-0.39, 0.29) is 11.3 Å². The van der Waals surface area contributed by atoms with Crippen molar-refractivity contribution in [2.45, 2.75) is 6.42 Å². The first-order valence-corrected chi connectivity index (χ1v) is 6.18. The Bertz CT molecular complexity index is 567. The van der Waals surface area contributed by atoms with Crippen molar-refractivity contribution in [1.82, 2.24) is 0 Å². The van der Waals surface area contributed by atoms with E-state index in [0.29, 0.717) is 25.4 Å². The molecule has 0 saturated heterocycles. The minimum absolute atomic E-state index is 0.0788. The molecule has 0 unspecified atom stereocenters. The maximum atomic E-state index is 10.5. The number of nitriles is 1. The van der Waals surface area contributed by atoms with Crippen LogP contribution in [0.5, 0.6) is 5.75 Å². The van der Waals surface area contributed by atoms with Gasteiger partial charge in [0.2, 0.25) is 0 Å². The quantitative estimate of drug-likeness (QED) is 0.732. The molecule has 0 aliphatic carbocycles. The summed E-state index contributed by atoms with van der Waals surface area (Å²) in [6.07, 6.45) is 0.677. The van der Waals surface area contributed by atoms with E-state index in [2.05, 4.69) is 4.36 Å². The summed E-state index contributed by atoms with van der Waals surface area (Å²) < 4.78 is 34.6. The van der Waals surface area contributed by atoms with Crippen LogP contribution in [0.25, 0.3) is 0 Å². The lowest BCUT2D eigenvalue weighted by atomic mass is 10.2. The van der Waals surface area contributed by atoms with Crippen molar-refractivity contribution in [1.29, 1.82) is 5.26 Å². The number of methoxy groups -OCH3 is 1. The fraction of sp³-hybridized carbons (Fsp3) is 0.364. The average Bonchev–Trinajstić information content (AvgIpc) is 2.34. The Kier molecular flexibility index (Phi) is 5.84. The number of hydrogen-bond donors (Lipinski definition) is 0. The Morgan fingerprint density at radius 3 is 2.78 bits per heavy atom. The van der Waals surface area contributed by atoms with Gasteiger partial charge in [0.25, 0.3) is 0 Å². The van der Waals surface area contributed by atoms with Gasteiger partial charge in [-0.2, -0.15) is 13.7 Å². The van der Waals surface area contributed by atoms with Crippen LogP contribution in [-0.4, -0.2) is 28.7 Å². The molecule has 0 amide bonds. The summed E-state index contributed by atoms with van der Waals surface area (Å²) in [4.78, 5) is 0. The highest BCUT2D eigenvalue weighted by Gasteiger charge is 2.08. The molecule has 0 heterocycles. The highest BCUT2D eigenvalue weighted by Crippen LogP contribution is 2.27. The Morgan fingerprint density at radius 1 is 1.39 bits per heavy atom. The molecule has 0 aromatic heterocycles. The van der Waals surface area contributed by atoms with E-state index in [4.69, 9.17) is 14.7 Å². The van der Waals surface area contributed by atoms with E-state index >= 15 is 0 Å². The lowest BCUT2D eigenvalue weighted by Crippen LogP contribution is -2.02. The smallest absolute Gasteiger partial charge is 0.316 e. The second-order valence-corrected chi connectivity index (χ2v) is 3.88. The van der Waals surface area contributed by atoms with Crippen LogP contribution in [0.1, 0.15) is 12.0 Å². The number of ether oxygens (including phenoxy) is 2. The van der Waals surface area contributed by atoms with Crippen LogP contribution in [0.3, 0.4) is 0 Å². The molecule has 18 heavy (non-hydrogen) atoms. The van der Waals surface area contributed by atoms with Gasteiger partial charge in [0.1, 0.15) is 23.1 Å². The van der Waals surface area contributed by atoms with Gasteiger partial charge >= 0.3 is 10.5 Å². The predicted molar refractivity (Wildman–Crippen MR) is 64.2 cm³/mol. The summed E-state index contributed by atoms with van der Waals surface area (Å²) >= 11 is 0. The summed E-state index contributed by atoms with van der Waals surface area (Å²) in [5.74, 6) is 0.320. The van der Waals surface area contributed by atoms with Gasteiger partial charge in [-0.05, 0) is 12.1 Å². The standard InChI is InChI=1S/C11H12N2O4S/c1-16-6-3-7-17-11-5-2-4-10(9(11)8-12)13-18(14)15/h2,4-5H,3,6-7H2,1H3. The predicted octanol–water partition coefficient (Wildman–Crippen LogP) is 1.67. The lowest BCUT2D eigenvalue weighted by molar-refractivity contribution is 0.172. The molecule has 7 heteroatoms. The van der Waals surface area contributed by atoms with Gasteiger partial charge in [-0.3, -0.25) is 0 Å². The largest absolute Gasteiger partial charge is 0.492 e. The first-order valence-electron chi connectivity index (χ1n) is 5.15. The molecule has 0 aliphatic rings. The third-order valence-corrected chi connectivity index (χ3v) is 2.39. The first-order chi connectivity index (χ1) is 8.69. The fourth-order valence-electron chi connectivity index (χ4n) is 1.29. The summed E-state index contributed by atoms with van der Waals surface area (Å²) in [6, 6.07) is 6.50. The summed E-state index contributed by atoms with van der Waals surface area (Å²) in [5.41, 5.74) is 0.189. The zero-order valence-electron chi connectivity index (χ0n) is 9.79. The topological polar surface area (TPSA) is 88.8 Å². The van der Waals surface area contributed by atoms with Crippen molar-refractivity contribution < 1.29 is 17.9 Å². The van der Waals surface area contributed by atoms with Gasteiger partial charge in [-0.1, -0.05) is 6.07 Å². The Balaban J connectivity index is 2.92. The van der Waals surface area contributed by atoms with Gasteiger partial charge in [-0.15, -0.1) is 4.36 Å². The molecule has 1 aromatic carbocycles. The normalized spacial score (nSPS) is 9.56. The Morgan fingerprint density at radius 2 is 2.17 bits per heavy atom. The molecule has 0 saturated carbocycles. The molecule has 96 valence electrons. The minimum atomic E-state index is -2.60. The molecule has 1 aromatic rings. The molecule has 1 rings (SSSR count). The zero-order valence-corrected chi connectivity index (χ0v) is 10.6. The Hall–Kier alpha value is -1.91. The molecule has 0 N–H and O–H groups in total. The summed E-state index contributed by atoms with van der Waals surface area (Å²) in [6.45, 7) is 0.933. The number of rotatable bonds is 6. The maximum Gasteiger partial charge on any atom is 0.316 e. The van der Waals surface area contributed by atoms with Crippen LogP contribution < -0.4 is 4.74 Å². The SMILES string of the molecule is COCCCOc1cccc(N=S(=O)=O)c1C#N. The van der Waals surface area contributed by atoms with E-state index < -0.39 is 10.5 Å². The summed E-state index contributed by atoms with van der Waals surface area (Å²) in [5, 5.41) is 9.00. The van der Waals surface area contributed by atoms with Gasteiger partial charge in [0, 0.05) is 20.1 Å². The molecule has 0 fully saturated rings. The van der Waals surface area contributed by atoms with Crippen molar-refractivity contribution >= 4 is 16.2 Å². The van der Waals surface area contributed by atoms with Crippen LogP contribution in [0.4, 0.5) is 5.69 Å². The van der Waals surface area contributed by atoms with E-state index in [1.165, 1.54) is 6.07 Å². The lowest BCUT2D eigenvalue weighted by Gasteiger charge is -2.08. The molecule has 0 atom stereocenters. The van der Waals surface area contributed by atoms with Crippen molar-refractivity contribution in [2.24, 2.45) is 4.36 Å². The van der Waals surface area contributed by atoms with Crippen molar-refractivity contribution in [2.75, 3.05) is 20.3 Å². The average molecular weight is 268 g/mol. The second-order valence-electron chi connectivity index (χ2n) is 3.27. The monoisotopic (exact) mass is 268 g/mol. The van der Waals surface area contributed by atoms with Crippen LogP contribution >= 0.6 is 0 Å². The second kappa shape index (κ2) is 7.42. The molecule has 0 aliphatic heterocycles. The van der Waals surface area contributed by atoms with Crippen LogP contribution in [-0.2, 0) is 15.2 Å². The number of nitrogens with zero attached hydrogens (tertiary/aromatic N) is 2. The first kappa shape index (κ1) is 14.2. The molecular weight excluding hydrogens is 256 g/mol. The van der Waals surface area contributed by atoms with E-state index in [9.17, 15) is 8.42 Å². The third-order valence-electron chi connectivity index (χ3n) is 2.04. The molecule has 6 nitrogen and oxygen atoms in total. The number of benzene rings is 1. The van der Waals surface area contributed by atoms with Crippen LogP contribution in [0.15, 0.2) is 22.6 Å². The van der Waals surface area contributed by atoms with E-state index in [1.807, 2.05) is 6.07 Å². The van der Waals surface area contributed by atoms with Crippen molar-refractivity contribution in [3.63, 3.8) is 0 Å². The van der Waals surface area contributed by atoms with Crippen LogP contribution in [0.2, 0.25) is 0 Å². The van der Waals surface area contributed by atoms with Gasteiger partial charge < -0.3 is 9.47 Å². The molecule has 0 spiro atoms. The molecule has 0 bridgehead atoms. The zero-order chi connectivity index (χ0) is 13.4. The highest BCUT2D eigenvalue weighted by atomic mass is 32.2. The molecule has 0 radical (unpaired) electrons. The van der Waals surface area contributed by atoms with Gasteiger partial charge in [0.05, 0.1) is 6.61 Å². The highest BCUT2D eigenvalue weighted by molar-refractivity contribution is 7.61. The maximum absolute atomic E-state index is 10.5. The van der Waals surface area contributed by atoms with E-state index in [0.717, 1.165) is 0 Å². The van der Waals surface area contributed by atoms with Crippen molar-refractivity contribution in [3.8, 4) is 11.8 Å². The van der Waals surface area contributed by atoms with Gasteiger partial charge in [-0.25, -0.2) is 0 Å². The summed E-state index contributed by atoms with van der Waals surface area (Å²) in [7, 11) is -1.01.